The zero-order valence-electron chi connectivity index (χ0n) is 13.0. The van der Waals surface area contributed by atoms with E-state index in [1.54, 1.807) is 13.4 Å². The van der Waals surface area contributed by atoms with Crippen molar-refractivity contribution in [3.05, 3.63) is 47.9 Å². The Balaban J connectivity index is 1.60. The number of hydrogen-bond acceptors (Lipinski definition) is 6. The van der Waals surface area contributed by atoms with Crippen molar-refractivity contribution in [2.24, 2.45) is 0 Å². The smallest absolute Gasteiger partial charge is 0.244 e. The van der Waals surface area contributed by atoms with Crippen molar-refractivity contribution in [1.82, 2.24) is 25.0 Å². The summed E-state index contributed by atoms with van der Waals surface area (Å²) < 4.78 is 10.7. The number of fused-ring (bicyclic) bond motifs is 1. The van der Waals surface area contributed by atoms with Crippen LogP contribution in [0.5, 0.6) is 5.75 Å². The number of H-pyrrole nitrogens is 1. The maximum Gasteiger partial charge on any atom is 0.244 e. The first-order valence-corrected chi connectivity index (χ1v) is 7.44. The summed E-state index contributed by atoms with van der Waals surface area (Å²) in [5.41, 5.74) is 3.12. The van der Waals surface area contributed by atoms with E-state index < -0.39 is 0 Å². The van der Waals surface area contributed by atoms with Crippen molar-refractivity contribution in [3.63, 3.8) is 0 Å². The molecular weight excluding hydrogens is 294 g/mol. The van der Waals surface area contributed by atoms with E-state index in [1.165, 1.54) is 0 Å². The molecule has 7 nitrogen and oxygen atoms in total. The highest BCUT2D eigenvalue weighted by atomic mass is 16.5. The Morgan fingerprint density at radius 3 is 2.91 bits per heavy atom. The van der Waals surface area contributed by atoms with Crippen LogP contribution in [-0.4, -0.2) is 39.2 Å². The fraction of sp³-hybridized carbons (Fsp3) is 0.312. The summed E-state index contributed by atoms with van der Waals surface area (Å²) in [5, 5.41) is 4.11. The molecule has 0 bridgehead atoms. The molecule has 0 amide bonds. The Hall–Kier alpha value is -2.67. The van der Waals surface area contributed by atoms with Gasteiger partial charge in [-0.25, -0.2) is 4.98 Å². The zero-order valence-corrected chi connectivity index (χ0v) is 13.0. The Kier molecular flexibility index (Phi) is 3.34. The molecule has 2 aromatic heterocycles. The van der Waals surface area contributed by atoms with E-state index in [2.05, 4.69) is 25.0 Å². The van der Waals surface area contributed by atoms with Gasteiger partial charge in [-0.05, 0) is 31.3 Å². The summed E-state index contributed by atoms with van der Waals surface area (Å²) >= 11 is 0. The van der Waals surface area contributed by atoms with E-state index in [9.17, 15) is 0 Å². The van der Waals surface area contributed by atoms with E-state index in [1.807, 2.05) is 31.3 Å². The molecule has 3 aromatic rings. The largest absolute Gasteiger partial charge is 0.497 e. The summed E-state index contributed by atoms with van der Waals surface area (Å²) in [6, 6.07) is 7.65. The molecule has 0 fully saturated rings. The molecule has 1 N–H and O–H groups in total. The molecule has 1 aliphatic rings. The molecule has 118 valence electrons. The quantitative estimate of drug-likeness (QED) is 0.798. The molecule has 1 aromatic carbocycles. The van der Waals surface area contributed by atoms with Crippen LogP contribution in [0.25, 0.3) is 11.4 Å². The molecular formula is C16H17N5O2. The minimum atomic E-state index is 0.0466. The van der Waals surface area contributed by atoms with Crippen LogP contribution in [0.2, 0.25) is 0 Å². The lowest BCUT2D eigenvalue weighted by atomic mass is 10.0. The van der Waals surface area contributed by atoms with E-state index in [0.29, 0.717) is 11.7 Å². The molecule has 23 heavy (non-hydrogen) atoms. The highest BCUT2D eigenvalue weighted by Gasteiger charge is 2.30. The van der Waals surface area contributed by atoms with Crippen molar-refractivity contribution >= 4 is 0 Å². The summed E-state index contributed by atoms with van der Waals surface area (Å²) in [5.74, 6) is 2.01. The van der Waals surface area contributed by atoms with Gasteiger partial charge in [0.05, 0.1) is 30.9 Å². The molecule has 0 unspecified atom stereocenters. The first kappa shape index (κ1) is 14.0. The number of nitrogens with one attached hydrogen (secondary N) is 1. The van der Waals surface area contributed by atoms with Crippen LogP contribution < -0.4 is 4.74 Å². The fourth-order valence-corrected chi connectivity index (χ4v) is 2.86. The lowest BCUT2D eigenvalue weighted by Gasteiger charge is -2.28. The summed E-state index contributed by atoms with van der Waals surface area (Å²) in [6.45, 7) is 0.792. The van der Waals surface area contributed by atoms with Crippen molar-refractivity contribution in [1.29, 1.82) is 0 Å². The number of aromatic nitrogens is 4. The summed E-state index contributed by atoms with van der Waals surface area (Å²) in [7, 11) is 3.69. The molecule has 0 saturated carbocycles. The van der Waals surface area contributed by atoms with Gasteiger partial charge in [-0.1, -0.05) is 5.16 Å². The molecule has 1 atom stereocenters. The average molecular weight is 311 g/mol. The third-order valence-electron chi connectivity index (χ3n) is 4.21. The number of benzene rings is 1. The maximum absolute atomic E-state index is 5.51. The van der Waals surface area contributed by atoms with Crippen LogP contribution in [0.1, 0.15) is 23.3 Å². The standard InChI is InChI=1S/C16H17N5O2/c1-21-8-13-12(17-9-18-13)7-14(21)16-19-15(20-23-16)10-3-5-11(22-2)6-4-10/h3-6,9,14H,7-8H2,1-2H3,(H,17,18)/t14-/m0/s1. The Bertz CT molecular complexity index is 808. The van der Waals surface area contributed by atoms with Crippen LogP contribution >= 0.6 is 0 Å². The number of methoxy groups -OCH3 is 1. The Morgan fingerprint density at radius 2 is 2.13 bits per heavy atom. The minimum Gasteiger partial charge on any atom is -0.497 e. The summed E-state index contributed by atoms with van der Waals surface area (Å²) in [6.07, 6.45) is 2.50. The zero-order chi connectivity index (χ0) is 15.8. The molecule has 0 saturated heterocycles. The van der Waals surface area contributed by atoms with Gasteiger partial charge in [-0.15, -0.1) is 0 Å². The van der Waals surface area contributed by atoms with E-state index in [4.69, 9.17) is 9.26 Å². The van der Waals surface area contributed by atoms with Crippen LogP contribution in [0.4, 0.5) is 0 Å². The lowest BCUT2D eigenvalue weighted by molar-refractivity contribution is 0.171. The first-order valence-electron chi connectivity index (χ1n) is 7.44. The predicted octanol–water partition coefficient (Wildman–Crippen LogP) is 2.20. The number of hydrogen-bond donors (Lipinski definition) is 1. The average Bonchev–Trinajstić information content (AvgIpc) is 3.23. The third-order valence-corrected chi connectivity index (χ3v) is 4.21. The number of nitrogens with zero attached hydrogens (tertiary/aromatic N) is 4. The van der Waals surface area contributed by atoms with Crippen LogP contribution in [-0.2, 0) is 13.0 Å². The molecule has 0 radical (unpaired) electrons. The van der Waals surface area contributed by atoms with E-state index in [-0.39, 0.29) is 6.04 Å². The SMILES string of the molecule is COc1ccc(-c2noc([C@@H]3Cc4nc[nH]c4CN3C)n2)cc1. The predicted molar refractivity (Wildman–Crippen MR) is 82.8 cm³/mol. The normalized spacial score (nSPS) is 17.9. The van der Waals surface area contributed by atoms with Gasteiger partial charge < -0.3 is 14.2 Å². The summed E-state index contributed by atoms with van der Waals surface area (Å²) in [4.78, 5) is 14.3. The number of aromatic amines is 1. The Morgan fingerprint density at radius 1 is 1.30 bits per heavy atom. The Labute approximate surface area is 133 Å². The first-order chi connectivity index (χ1) is 11.2. The maximum atomic E-state index is 5.51. The van der Waals surface area contributed by atoms with E-state index in [0.717, 1.165) is 35.7 Å². The number of ether oxygens (including phenoxy) is 1. The van der Waals surface area contributed by atoms with Crippen molar-refractivity contribution in [2.45, 2.75) is 19.0 Å². The van der Waals surface area contributed by atoms with Gasteiger partial charge >= 0.3 is 0 Å². The molecule has 3 heterocycles. The second-order valence-corrected chi connectivity index (χ2v) is 5.65. The third kappa shape index (κ3) is 2.49. The monoisotopic (exact) mass is 311 g/mol. The van der Waals surface area contributed by atoms with Gasteiger partial charge in [0.15, 0.2) is 0 Å². The van der Waals surface area contributed by atoms with Gasteiger partial charge in [0.1, 0.15) is 5.75 Å². The second kappa shape index (κ2) is 5.51. The van der Waals surface area contributed by atoms with Crippen molar-refractivity contribution in [2.75, 3.05) is 14.2 Å². The van der Waals surface area contributed by atoms with Gasteiger partial charge in [0, 0.05) is 18.5 Å². The molecule has 0 spiro atoms. The van der Waals surface area contributed by atoms with Crippen LogP contribution in [0.15, 0.2) is 35.1 Å². The van der Waals surface area contributed by atoms with Crippen molar-refractivity contribution < 1.29 is 9.26 Å². The molecule has 1 aliphatic heterocycles. The molecule has 7 heteroatoms. The van der Waals surface area contributed by atoms with Crippen molar-refractivity contribution in [3.8, 4) is 17.1 Å². The lowest BCUT2D eigenvalue weighted by Crippen LogP contribution is -2.31. The van der Waals surface area contributed by atoms with Crippen LogP contribution in [0.3, 0.4) is 0 Å². The number of rotatable bonds is 3. The van der Waals surface area contributed by atoms with E-state index >= 15 is 0 Å². The second-order valence-electron chi connectivity index (χ2n) is 5.65. The van der Waals surface area contributed by atoms with Gasteiger partial charge in [0.25, 0.3) is 0 Å². The van der Waals surface area contributed by atoms with Gasteiger partial charge in [-0.2, -0.15) is 4.98 Å². The minimum absolute atomic E-state index is 0.0466. The fourth-order valence-electron chi connectivity index (χ4n) is 2.86. The highest BCUT2D eigenvalue weighted by Crippen LogP contribution is 2.30. The van der Waals surface area contributed by atoms with Gasteiger partial charge in [0.2, 0.25) is 11.7 Å². The number of imidazole rings is 1. The molecule has 0 aliphatic carbocycles. The highest BCUT2D eigenvalue weighted by molar-refractivity contribution is 5.55. The topological polar surface area (TPSA) is 80.1 Å². The molecule has 4 rings (SSSR count). The van der Waals surface area contributed by atoms with Crippen LogP contribution in [0, 0.1) is 0 Å². The van der Waals surface area contributed by atoms with Gasteiger partial charge in [-0.3, -0.25) is 4.90 Å². The number of likely N-dealkylation sites (N-methyl/N-ethyl adjacent to an activating group) is 1.